The SMILES string of the molecule is Cc1c(F)cccc1[C@H](c1cccc(F)c1)N(C)C. The Kier molecular flexibility index (Phi) is 3.96. The third-order valence-electron chi connectivity index (χ3n) is 3.28. The highest BCUT2D eigenvalue weighted by molar-refractivity contribution is 5.37. The van der Waals surface area contributed by atoms with E-state index in [-0.39, 0.29) is 17.7 Å². The fraction of sp³-hybridized carbons (Fsp3) is 0.250. The summed E-state index contributed by atoms with van der Waals surface area (Å²) in [5, 5.41) is 0. The van der Waals surface area contributed by atoms with Crippen LogP contribution in [0.5, 0.6) is 0 Å². The summed E-state index contributed by atoms with van der Waals surface area (Å²) in [6, 6.07) is 11.3. The smallest absolute Gasteiger partial charge is 0.126 e. The van der Waals surface area contributed by atoms with Gasteiger partial charge in [0.2, 0.25) is 0 Å². The molecule has 2 aromatic rings. The van der Waals surface area contributed by atoms with Gasteiger partial charge in [-0.2, -0.15) is 0 Å². The second-order valence-electron chi connectivity index (χ2n) is 4.88. The Morgan fingerprint density at radius 1 is 1.00 bits per heavy atom. The van der Waals surface area contributed by atoms with Gasteiger partial charge in [0, 0.05) is 0 Å². The van der Waals surface area contributed by atoms with Crippen LogP contribution in [0.25, 0.3) is 0 Å². The maximum Gasteiger partial charge on any atom is 0.126 e. The largest absolute Gasteiger partial charge is 0.299 e. The normalized spacial score (nSPS) is 12.7. The monoisotopic (exact) mass is 261 g/mol. The Balaban J connectivity index is 2.55. The van der Waals surface area contributed by atoms with E-state index in [4.69, 9.17) is 0 Å². The summed E-state index contributed by atoms with van der Waals surface area (Å²) in [6.07, 6.45) is 0. The van der Waals surface area contributed by atoms with Gasteiger partial charge >= 0.3 is 0 Å². The molecule has 0 aliphatic rings. The molecule has 2 aromatic carbocycles. The Hall–Kier alpha value is -1.74. The zero-order chi connectivity index (χ0) is 14.0. The van der Waals surface area contributed by atoms with Gasteiger partial charge < -0.3 is 0 Å². The van der Waals surface area contributed by atoms with Crippen molar-refractivity contribution < 1.29 is 8.78 Å². The minimum absolute atomic E-state index is 0.161. The lowest BCUT2D eigenvalue weighted by atomic mass is 9.94. The molecular weight excluding hydrogens is 244 g/mol. The van der Waals surface area contributed by atoms with Crippen LogP contribution in [0.3, 0.4) is 0 Å². The molecule has 0 fully saturated rings. The van der Waals surface area contributed by atoms with Crippen LogP contribution in [0, 0.1) is 18.6 Å². The molecule has 0 aliphatic carbocycles. The molecular formula is C16H17F2N. The summed E-state index contributed by atoms with van der Waals surface area (Å²) in [4.78, 5) is 1.95. The van der Waals surface area contributed by atoms with Crippen LogP contribution in [0.15, 0.2) is 42.5 Å². The van der Waals surface area contributed by atoms with Gasteiger partial charge in [-0.25, -0.2) is 8.78 Å². The number of hydrogen-bond donors (Lipinski definition) is 0. The van der Waals surface area contributed by atoms with Crippen LogP contribution in [-0.4, -0.2) is 19.0 Å². The number of hydrogen-bond acceptors (Lipinski definition) is 1. The minimum atomic E-state index is -0.279. The van der Waals surface area contributed by atoms with Crippen molar-refractivity contribution in [3.8, 4) is 0 Å². The summed E-state index contributed by atoms with van der Waals surface area (Å²) in [6.45, 7) is 1.75. The molecule has 19 heavy (non-hydrogen) atoms. The van der Waals surface area contributed by atoms with Crippen LogP contribution in [0.2, 0.25) is 0 Å². The second kappa shape index (κ2) is 5.49. The van der Waals surface area contributed by atoms with Crippen LogP contribution in [0.1, 0.15) is 22.7 Å². The third-order valence-corrected chi connectivity index (χ3v) is 3.28. The standard InChI is InChI=1S/C16H17F2N/c1-11-14(8-5-9-15(11)18)16(19(2)3)12-6-4-7-13(17)10-12/h4-10,16H,1-3H3/t16-/m0/s1. The fourth-order valence-electron chi connectivity index (χ4n) is 2.35. The third kappa shape index (κ3) is 2.82. The molecule has 100 valence electrons. The van der Waals surface area contributed by atoms with E-state index in [9.17, 15) is 8.78 Å². The topological polar surface area (TPSA) is 3.24 Å². The predicted octanol–water partition coefficient (Wildman–Crippen LogP) is 3.92. The molecule has 1 nitrogen and oxygen atoms in total. The molecule has 0 radical (unpaired) electrons. The molecule has 0 bridgehead atoms. The molecule has 0 unspecified atom stereocenters. The molecule has 0 aromatic heterocycles. The van der Waals surface area contributed by atoms with Gasteiger partial charge in [-0.1, -0.05) is 24.3 Å². The first kappa shape index (κ1) is 13.7. The number of rotatable bonds is 3. The summed E-state index contributed by atoms with van der Waals surface area (Å²) in [7, 11) is 3.81. The fourth-order valence-corrected chi connectivity index (χ4v) is 2.35. The van der Waals surface area contributed by atoms with Gasteiger partial charge in [-0.3, -0.25) is 4.90 Å². The highest BCUT2D eigenvalue weighted by Crippen LogP contribution is 2.30. The van der Waals surface area contributed by atoms with Crippen molar-refractivity contribution >= 4 is 0 Å². The molecule has 0 heterocycles. The maximum absolute atomic E-state index is 13.7. The van der Waals surface area contributed by atoms with Crippen molar-refractivity contribution in [1.29, 1.82) is 0 Å². The molecule has 1 atom stereocenters. The summed E-state index contributed by atoms with van der Waals surface area (Å²) in [5.41, 5.74) is 2.28. The molecule has 2 rings (SSSR count). The minimum Gasteiger partial charge on any atom is -0.299 e. The van der Waals surface area contributed by atoms with Gasteiger partial charge in [0.1, 0.15) is 11.6 Å². The van der Waals surface area contributed by atoms with Gasteiger partial charge in [0.05, 0.1) is 6.04 Å². The van der Waals surface area contributed by atoms with E-state index < -0.39 is 0 Å². The highest BCUT2D eigenvalue weighted by atomic mass is 19.1. The first-order chi connectivity index (χ1) is 9.00. The lowest BCUT2D eigenvalue weighted by Crippen LogP contribution is -2.22. The Bertz CT molecular complexity index is 579. The van der Waals surface area contributed by atoms with Crippen LogP contribution < -0.4 is 0 Å². The number of benzene rings is 2. The van der Waals surface area contributed by atoms with Crippen molar-refractivity contribution in [3.63, 3.8) is 0 Å². The van der Waals surface area contributed by atoms with Crippen molar-refractivity contribution in [2.45, 2.75) is 13.0 Å². The predicted molar refractivity (Wildman–Crippen MR) is 73.1 cm³/mol. The van der Waals surface area contributed by atoms with Gasteiger partial charge in [0.15, 0.2) is 0 Å². The maximum atomic E-state index is 13.7. The van der Waals surface area contributed by atoms with E-state index in [0.717, 1.165) is 11.1 Å². The Morgan fingerprint density at radius 2 is 1.68 bits per heavy atom. The summed E-state index contributed by atoms with van der Waals surface area (Å²) in [5.74, 6) is -0.515. The van der Waals surface area contributed by atoms with Crippen molar-refractivity contribution in [2.24, 2.45) is 0 Å². The van der Waals surface area contributed by atoms with Crippen molar-refractivity contribution in [2.75, 3.05) is 14.1 Å². The molecule has 0 amide bonds. The Morgan fingerprint density at radius 3 is 2.32 bits per heavy atom. The first-order valence-electron chi connectivity index (χ1n) is 6.17. The van der Waals surface area contributed by atoms with E-state index in [1.807, 2.05) is 31.1 Å². The van der Waals surface area contributed by atoms with E-state index in [0.29, 0.717) is 5.56 Å². The molecule has 0 saturated carbocycles. The quantitative estimate of drug-likeness (QED) is 0.809. The zero-order valence-electron chi connectivity index (χ0n) is 11.3. The molecule has 0 spiro atoms. The van der Waals surface area contributed by atoms with Gasteiger partial charge in [-0.15, -0.1) is 0 Å². The number of nitrogens with zero attached hydrogens (tertiary/aromatic N) is 1. The van der Waals surface area contributed by atoms with E-state index in [1.165, 1.54) is 18.2 Å². The average Bonchev–Trinajstić information content (AvgIpc) is 2.34. The van der Waals surface area contributed by atoms with Crippen molar-refractivity contribution in [3.05, 3.63) is 70.8 Å². The summed E-state index contributed by atoms with van der Waals surface area (Å²) < 4.78 is 27.1. The molecule has 0 aliphatic heterocycles. The molecule has 0 N–H and O–H groups in total. The number of halogens is 2. The highest BCUT2D eigenvalue weighted by Gasteiger charge is 2.20. The Labute approximate surface area is 112 Å². The van der Waals surface area contributed by atoms with E-state index in [1.54, 1.807) is 19.1 Å². The lowest BCUT2D eigenvalue weighted by Gasteiger charge is -2.27. The van der Waals surface area contributed by atoms with Gasteiger partial charge in [-0.05, 0) is 55.9 Å². The zero-order valence-corrected chi connectivity index (χ0v) is 11.3. The van der Waals surface area contributed by atoms with E-state index >= 15 is 0 Å². The van der Waals surface area contributed by atoms with Crippen LogP contribution >= 0.6 is 0 Å². The molecule has 3 heteroatoms. The van der Waals surface area contributed by atoms with E-state index in [2.05, 4.69) is 0 Å². The van der Waals surface area contributed by atoms with Crippen LogP contribution in [-0.2, 0) is 0 Å². The first-order valence-corrected chi connectivity index (χ1v) is 6.17. The lowest BCUT2D eigenvalue weighted by molar-refractivity contribution is 0.339. The van der Waals surface area contributed by atoms with Crippen molar-refractivity contribution in [1.82, 2.24) is 4.90 Å². The van der Waals surface area contributed by atoms with Crippen LogP contribution in [0.4, 0.5) is 8.78 Å². The van der Waals surface area contributed by atoms with Gasteiger partial charge in [0.25, 0.3) is 0 Å². The average molecular weight is 261 g/mol. The summed E-state index contributed by atoms with van der Waals surface area (Å²) >= 11 is 0. The second-order valence-corrected chi connectivity index (χ2v) is 4.88. The molecule has 0 saturated heterocycles.